The molecule has 0 aliphatic carbocycles. The van der Waals surface area contributed by atoms with Gasteiger partial charge in [-0.05, 0) is 19.4 Å². The Labute approximate surface area is 75.9 Å². The SMILES string of the molecule is NCC(F)(F)CN1CCCC(F)C1. The van der Waals surface area contributed by atoms with Crippen molar-refractivity contribution in [2.75, 3.05) is 26.2 Å². The monoisotopic (exact) mass is 196 g/mol. The van der Waals surface area contributed by atoms with E-state index in [4.69, 9.17) is 5.73 Å². The van der Waals surface area contributed by atoms with Gasteiger partial charge in [-0.25, -0.2) is 13.2 Å². The van der Waals surface area contributed by atoms with Crippen molar-refractivity contribution in [3.63, 3.8) is 0 Å². The number of halogens is 3. The summed E-state index contributed by atoms with van der Waals surface area (Å²) in [5.41, 5.74) is 4.89. The minimum atomic E-state index is -2.88. The average Bonchev–Trinajstić information content (AvgIpc) is 2.03. The lowest BCUT2D eigenvalue weighted by atomic mass is 10.1. The summed E-state index contributed by atoms with van der Waals surface area (Å²) in [5.74, 6) is -2.88. The molecule has 0 aromatic carbocycles. The summed E-state index contributed by atoms with van der Waals surface area (Å²) in [6.45, 7) is -0.407. The molecule has 0 aromatic heterocycles. The first-order valence-electron chi connectivity index (χ1n) is 4.48. The van der Waals surface area contributed by atoms with Crippen molar-refractivity contribution >= 4 is 0 Å². The Hall–Kier alpha value is -0.290. The number of hydrogen-bond acceptors (Lipinski definition) is 2. The molecule has 1 aliphatic heterocycles. The van der Waals surface area contributed by atoms with Gasteiger partial charge in [-0.1, -0.05) is 0 Å². The van der Waals surface area contributed by atoms with Gasteiger partial charge < -0.3 is 5.73 Å². The molecule has 0 saturated carbocycles. The van der Waals surface area contributed by atoms with Crippen LogP contribution < -0.4 is 5.73 Å². The van der Waals surface area contributed by atoms with Crippen molar-refractivity contribution in [2.24, 2.45) is 5.73 Å². The molecule has 1 heterocycles. The minimum absolute atomic E-state index is 0.121. The first-order valence-corrected chi connectivity index (χ1v) is 4.48. The molecule has 13 heavy (non-hydrogen) atoms. The maximum absolute atomic E-state index is 12.8. The van der Waals surface area contributed by atoms with Crippen molar-refractivity contribution in [1.29, 1.82) is 0 Å². The van der Waals surface area contributed by atoms with Crippen LogP contribution in [-0.4, -0.2) is 43.2 Å². The first kappa shape index (κ1) is 10.8. The molecule has 0 radical (unpaired) electrons. The summed E-state index contributed by atoms with van der Waals surface area (Å²) in [4.78, 5) is 1.45. The third-order valence-electron chi connectivity index (χ3n) is 2.20. The molecule has 1 rings (SSSR count). The van der Waals surface area contributed by atoms with Gasteiger partial charge in [0.15, 0.2) is 0 Å². The van der Waals surface area contributed by atoms with Gasteiger partial charge in [0.05, 0.1) is 13.1 Å². The van der Waals surface area contributed by atoms with Crippen LogP contribution in [0.1, 0.15) is 12.8 Å². The van der Waals surface area contributed by atoms with E-state index in [2.05, 4.69) is 0 Å². The summed E-state index contributed by atoms with van der Waals surface area (Å²) in [6, 6.07) is 0. The number of piperidine rings is 1. The average molecular weight is 196 g/mol. The lowest BCUT2D eigenvalue weighted by molar-refractivity contribution is -0.0345. The summed E-state index contributed by atoms with van der Waals surface area (Å²) in [5, 5.41) is 0. The molecule has 78 valence electrons. The van der Waals surface area contributed by atoms with Crippen molar-refractivity contribution in [3.05, 3.63) is 0 Å². The zero-order chi connectivity index (χ0) is 9.90. The molecule has 2 nitrogen and oxygen atoms in total. The van der Waals surface area contributed by atoms with Gasteiger partial charge in [0.25, 0.3) is 5.92 Å². The van der Waals surface area contributed by atoms with Crippen LogP contribution in [0.15, 0.2) is 0 Å². The number of hydrogen-bond donors (Lipinski definition) is 1. The second kappa shape index (κ2) is 4.28. The zero-order valence-electron chi connectivity index (χ0n) is 7.48. The topological polar surface area (TPSA) is 29.3 Å². The van der Waals surface area contributed by atoms with Gasteiger partial charge in [0, 0.05) is 6.54 Å². The summed E-state index contributed by atoms with van der Waals surface area (Å²) < 4.78 is 38.3. The van der Waals surface area contributed by atoms with E-state index in [1.807, 2.05) is 0 Å². The van der Waals surface area contributed by atoms with E-state index in [1.165, 1.54) is 4.90 Å². The molecule has 1 atom stereocenters. The second-order valence-corrected chi connectivity index (χ2v) is 3.53. The van der Waals surface area contributed by atoms with Crippen LogP contribution in [0, 0.1) is 0 Å². The fourth-order valence-corrected chi connectivity index (χ4v) is 1.53. The molecular formula is C8H15F3N2. The van der Waals surface area contributed by atoms with Gasteiger partial charge in [0.2, 0.25) is 0 Å². The van der Waals surface area contributed by atoms with Crippen molar-refractivity contribution < 1.29 is 13.2 Å². The van der Waals surface area contributed by atoms with E-state index in [9.17, 15) is 13.2 Å². The van der Waals surface area contributed by atoms with E-state index in [0.717, 1.165) is 0 Å². The predicted octanol–water partition coefficient (Wildman–Crippen LogP) is 1.01. The summed E-state index contributed by atoms with van der Waals surface area (Å²) in [7, 11) is 0. The van der Waals surface area contributed by atoms with Crippen molar-refractivity contribution in [2.45, 2.75) is 24.9 Å². The Morgan fingerprint density at radius 1 is 1.46 bits per heavy atom. The number of alkyl halides is 3. The standard InChI is InChI=1S/C8H15F3N2/c9-7-2-1-3-13(4-7)6-8(10,11)5-12/h7H,1-6,12H2. The molecule has 1 fully saturated rings. The van der Waals surface area contributed by atoms with E-state index in [-0.39, 0.29) is 6.54 Å². The Balaban J connectivity index is 2.35. The van der Waals surface area contributed by atoms with Crippen LogP contribution >= 0.6 is 0 Å². The lowest BCUT2D eigenvalue weighted by Gasteiger charge is -2.31. The number of rotatable bonds is 3. The highest BCUT2D eigenvalue weighted by Crippen LogP contribution is 2.18. The first-order chi connectivity index (χ1) is 6.03. The van der Waals surface area contributed by atoms with E-state index < -0.39 is 25.2 Å². The van der Waals surface area contributed by atoms with Crippen LogP contribution in [0.2, 0.25) is 0 Å². The lowest BCUT2D eigenvalue weighted by Crippen LogP contribution is -2.46. The molecule has 1 aliphatic rings. The Morgan fingerprint density at radius 3 is 2.69 bits per heavy atom. The van der Waals surface area contributed by atoms with Gasteiger partial charge in [-0.2, -0.15) is 0 Å². The smallest absolute Gasteiger partial charge is 0.272 e. The Morgan fingerprint density at radius 2 is 2.15 bits per heavy atom. The Kier molecular flexibility index (Phi) is 3.55. The molecule has 1 unspecified atom stereocenters. The third-order valence-corrected chi connectivity index (χ3v) is 2.20. The van der Waals surface area contributed by atoms with E-state index in [0.29, 0.717) is 19.4 Å². The van der Waals surface area contributed by atoms with Crippen LogP contribution in [-0.2, 0) is 0 Å². The summed E-state index contributed by atoms with van der Waals surface area (Å²) >= 11 is 0. The third kappa shape index (κ3) is 3.52. The largest absolute Gasteiger partial charge is 0.325 e. The fraction of sp³-hybridized carbons (Fsp3) is 1.00. The molecule has 0 aromatic rings. The van der Waals surface area contributed by atoms with E-state index >= 15 is 0 Å². The quantitative estimate of drug-likeness (QED) is 0.730. The van der Waals surface area contributed by atoms with Crippen LogP contribution in [0.5, 0.6) is 0 Å². The van der Waals surface area contributed by atoms with Crippen LogP contribution in [0.3, 0.4) is 0 Å². The van der Waals surface area contributed by atoms with Gasteiger partial charge >= 0.3 is 0 Å². The molecule has 5 heteroatoms. The molecule has 1 saturated heterocycles. The highest BCUT2D eigenvalue weighted by atomic mass is 19.3. The zero-order valence-corrected chi connectivity index (χ0v) is 7.48. The predicted molar refractivity (Wildman–Crippen MR) is 44.6 cm³/mol. The minimum Gasteiger partial charge on any atom is -0.325 e. The molecular weight excluding hydrogens is 181 g/mol. The van der Waals surface area contributed by atoms with Crippen molar-refractivity contribution in [3.8, 4) is 0 Å². The molecule has 0 spiro atoms. The van der Waals surface area contributed by atoms with Crippen LogP contribution in [0.25, 0.3) is 0 Å². The maximum Gasteiger partial charge on any atom is 0.272 e. The molecule has 0 bridgehead atoms. The fourth-order valence-electron chi connectivity index (χ4n) is 1.53. The number of nitrogens with two attached hydrogens (primary N) is 1. The maximum atomic E-state index is 12.8. The van der Waals surface area contributed by atoms with Crippen LogP contribution in [0.4, 0.5) is 13.2 Å². The van der Waals surface area contributed by atoms with Gasteiger partial charge in [-0.3, -0.25) is 4.90 Å². The highest BCUT2D eigenvalue weighted by Gasteiger charge is 2.32. The van der Waals surface area contributed by atoms with Crippen molar-refractivity contribution in [1.82, 2.24) is 4.90 Å². The van der Waals surface area contributed by atoms with Gasteiger partial charge in [0.1, 0.15) is 6.17 Å². The number of nitrogens with zero attached hydrogens (tertiary/aromatic N) is 1. The molecule has 0 amide bonds. The van der Waals surface area contributed by atoms with Gasteiger partial charge in [-0.15, -0.1) is 0 Å². The number of likely N-dealkylation sites (tertiary alicyclic amines) is 1. The molecule has 2 N–H and O–H groups in total. The Bertz CT molecular complexity index is 163. The summed E-state index contributed by atoms with van der Waals surface area (Å²) in [6.07, 6.45) is 0.189. The second-order valence-electron chi connectivity index (χ2n) is 3.53. The van der Waals surface area contributed by atoms with E-state index in [1.54, 1.807) is 0 Å². The normalized spacial score (nSPS) is 26.3. The highest BCUT2D eigenvalue weighted by molar-refractivity contribution is 4.78.